The van der Waals surface area contributed by atoms with Gasteiger partial charge in [-0.3, -0.25) is 4.79 Å². The van der Waals surface area contributed by atoms with Crippen LogP contribution in [-0.4, -0.2) is 44.7 Å². The first-order valence-corrected chi connectivity index (χ1v) is 10.6. The van der Waals surface area contributed by atoms with E-state index < -0.39 is 6.61 Å². The molecule has 0 aliphatic carbocycles. The number of ether oxygens (including phenoxy) is 2. The van der Waals surface area contributed by atoms with Crippen LogP contribution < -0.4 is 25.0 Å². The largest absolute Gasteiger partial charge is 0.482 e. The number of nitrogens with one attached hydrogen (secondary N) is 2. The van der Waals surface area contributed by atoms with Gasteiger partial charge in [-0.05, 0) is 38.5 Å². The summed E-state index contributed by atoms with van der Waals surface area (Å²) in [6.45, 7) is 2.92. The van der Waals surface area contributed by atoms with E-state index in [2.05, 4.69) is 20.4 Å². The van der Waals surface area contributed by atoms with Crippen molar-refractivity contribution in [3.63, 3.8) is 0 Å². The van der Waals surface area contributed by atoms with Crippen molar-refractivity contribution in [1.29, 1.82) is 0 Å². The van der Waals surface area contributed by atoms with Gasteiger partial charge in [-0.15, -0.1) is 0 Å². The molecule has 0 saturated heterocycles. The summed E-state index contributed by atoms with van der Waals surface area (Å²) < 4.78 is 35.4. The summed E-state index contributed by atoms with van der Waals surface area (Å²) >= 11 is 0. The molecule has 0 spiro atoms. The molecule has 0 unspecified atom stereocenters. The summed E-state index contributed by atoms with van der Waals surface area (Å²) in [5.74, 6) is 1.31. The second-order valence-electron chi connectivity index (χ2n) is 7.27. The molecule has 1 heterocycles. The van der Waals surface area contributed by atoms with E-state index in [4.69, 9.17) is 4.74 Å². The first-order chi connectivity index (χ1) is 15.5. The molecule has 2 aromatic rings. The van der Waals surface area contributed by atoms with Crippen molar-refractivity contribution in [3.05, 3.63) is 53.6 Å². The highest BCUT2D eigenvalue weighted by Crippen LogP contribution is 2.31. The Morgan fingerprint density at radius 1 is 1.25 bits per heavy atom. The molecule has 0 saturated carbocycles. The van der Waals surface area contributed by atoms with Crippen molar-refractivity contribution < 1.29 is 23.0 Å². The minimum absolute atomic E-state index is 0.0358. The normalized spacial score (nSPS) is 13.6. The number of hydrogen-bond acceptors (Lipinski definition) is 4. The number of halogens is 2. The third kappa shape index (κ3) is 6.32. The van der Waals surface area contributed by atoms with Gasteiger partial charge >= 0.3 is 6.61 Å². The number of para-hydroxylation sites is 2. The van der Waals surface area contributed by atoms with Crippen LogP contribution in [0.4, 0.5) is 14.5 Å². The van der Waals surface area contributed by atoms with E-state index in [9.17, 15) is 13.6 Å². The third-order valence-corrected chi connectivity index (χ3v) is 4.84. The van der Waals surface area contributed by atoms with E-state index in [0.29, 0.717) is 43.3 Å². The van der Waals surface area contributed by atoms with Gasteiger partial charge in [-0.1, -0.05) is 29.8 Å². The number of carbonyl (C=O) groups is 1. The summed E-state index contributed by atoms with van der Waals surface area (Å²) in [7, 11) is 0. The monoisotopic (exact) mass is 446 g/mol. The number of alkyl halides is 2. The highest BCUT2D eigenvalue weighted by molar-refractivity contribution is 5.97. The van der Waals surface area contributed by atoms with Crippen LogP contribution in [0.2, 0.25) is 0 Å². The van der Waals surface area contributed by atoms with Crippen molar-refractivity contribution in [3.8, 4) is 11.5 Å². The minimum Gasteiger partial charge on any atom is -0.482 e. The quantitative estimate of drug-likeness (QED) is 0.351. The number of hydrogen-bond donors (Lipinski definition) is 2. The second kappa shape index (κ2) is 11.3. The van der Waals surface area contributed by atoms with E-state index in [-0.39, 0.29) is 24.8 Å². The molecule has 0 aromatic heterocycles. The Balaban J connectivity index is 1.58. The van der Waals surface area contributed by atoms with E-state index in [0.717, 1.165) is 11.3 Å². The van der Waals surface area contributed by atoms with Crippen LogP contribution in [0.3, 0.4) is 0 Å². The maximum atomic E-state index is 12.7. The fourth-order valence-electron chi connectivity index (χ4n) is 3.39. The molecule has 7 nitrogen and oxygen atoms in total. The SMILES string of the molecule is CCNC(=NCc1cc(C)ccc1OC(F)F)NCCCN1C(=O)COc2ccccc21. The standard InChI is InChI=1S/C23H28F2N4O3/c1-3-26-23(28-14-17-13-16(2)9-10-19(17)32-22(24)25)27-11-6-12-29-18-7-4-5-8-20(18)31-15-21(29)30/h4-5,7-10,13,22H,3,6,11-12,14-15H2,1-2H3,(H2,26,27,28). The van der Waals surface area contributed by atoms with Crippen LogP contribution in [0.15, 0.2) is 47.5 Å². The Kier molecular flexibility index (Phi) is 8.24. The molecule has 1 aliphatic heterocycles. The van der Waals surface area contributed by atoms with Gasteiger partial charge in [0.15, 0.2) is 12.6 Å². The van der Waals surface area contributed by atoms with Gasteiger partial charge in [0.25, 0.3) is 5.91 Å². The van der Waals surface area contributed by atoms with Gasteiger partial charge in [0.05, 0.1) is 12.2 Å². The van der Waals surface area contributed by atoms with E-state index in [1.807, 2.05) is 38.1 Å². The molecule has 2 aromatic carbocycles. The van der Waals surface area contributed by atoms with Gasteiger partial charge in [-0.2, -0.15) is 8.78 Å². The number of benzene rings is 2. The zero-order valence-corrected chi connectivity index (χ0v) is 18.2. The van der Waals surface area contributed by atoms with Crippen LogP contribution in [0.25, 0.3) is 0 Å². The molecule has 0 atom stereocenters. The number of aryl methyl sites for hydroxylation is 1. The number of fused-ring (bicyclic) bond motifs is 1. The molecular formula is C23H28F2N4O3. The van der Waals surface area contributed by atoms with Crippen LogP contribution in [0.5, 0.6) is 11.5 Å². The fraction of sp³-hybridized carbons (Fsp3) is 0.391. The summed E-state index contributed by atoms with van der Waals surface area (Å²) in [6, 6.07) is 12.5. The Morgan fingerprint density at radius 2 is 2.06 bits per heavy atom. The van der Waals surface area contributed by atoms with Crippen LogP contribution in [0.1, 0.15) is 24.5 Å². The third-order valence-electron chi connectivity index (χ3n) is 4.84. The molecule has 2 N–H and O–H groups in total. The molecule has 32 heavy (non-hydrogen) atoms. The Hall–Kier alpha value is -3.36. The van der Waals surface area contributed by atoms with E-state index >= 15 is 0 Å². The van der Waals surface area contributed by atoms with Gasteiger partial charge in [0.2, 0.25) is 0 Å². The molecule has 1 amide bonds. The Labute approximate surface area is 186 Å². The molecule has 0 radical (unpaired) electrons. The number of anilines is 1. The Morgan fingerprint density at radius 3 is 2.84 bits per heavy atom. The molecule has 1 aliphatic rings. The topological polar surface area (TPSA) is 75.2 Å². The zero-order valence-electron chi connectivity index (χ0n) is 18.2. The predicted molar refractivity (Wildman–Crippen MR) is 120 cm³/mol. The van der Waals surface area contributed by atoms with Crippen LogP contribution in [0, 0.1) is 6.92 Å². The highest BCUT2D eigenvalue weighted by atomic mass is 19.3. The number of nitrogens with zero attached hydrogens (tertiary/aromatic N) is 2. The number of guanidine groups is 1. The number of carbonyl (C=O) groups excluding carboxylic acids is 1. The zero-order chi connectivity index (χ0) is 22.9. The molecule has 0 bridgehead atoms. The first kappa shape index (κ1) is 23.3. The average Bonchev–Trinajstić information content (AvgIpc) is 2.77. The van der Waals surface area contributed by atoms with Crippen LogP contribution in [-0.2, 0) is 11.3 Å². The molecule has 3 rings (SSSR count). The van der Waals surface area contributed by atoms with Crippen LogP contribution >= 0.6 is 0 Å². The first-order valence-electron chi connectivity index (χ1n) is 10.6. The summed E-state index contributed by atoms with van der Waals surface area (Å²) in [5, 5.41) is 6.36. The summed E-state index contributed by atoms with van der Waals surface area (Å²) in [5.41, 5.74) is 2.29. The van der Waals surface area contributed by atoms with Gasteiger partial charge in [0.1, 0.15) is 11.5 Å². The van der Waals surface area contributed by atoms with Crippen molar-refractivity contribution >= 4 is 17.6 Å². The molecule has 0 fully saturated rings. The Bertz CT molecular complexity index is 953. The van der Waals surface area contributed by atoms with Crippen molar-refractivity contribution in [1.82, 2.24) is 10.6 Å². The van der Waals surface area contributed by atoms with Gasteiger partial charge in [0, 0.05) is 25.2 Å². The summed E-state index contributed by atoms with van der Waals surface area (Å²) in [6.07, 6.45) is 0.689. The number of rotatable bonds is 9. The van der Waals surface area contributed by atoms with Gasteiger partial charge < -0.3 is 25.0 Å². The second-order valence-corrected chi connectivity index (χ2v) is 7.27. The maximum Gasteiger partial charge on any atom is 0.387 e. The lowest BCUT2D eigenvalue weighted by Crippen LogP contribution is -2.42. The fourth-order valence-corrected chi connectivity index (χ4v) is 3.39. The van der Waals surface area contributed by atoms with E-state index in [1.165, 1.54) is 6.07 Å². The smallest absolute Gasteiger partial charge is 0.387 e. The van der Waals surface area contributed by atoms with Gasteiger partial charge in [-0.25, -0.2) is 4.99 Å². The summed E-state index contributed by atoms with van der Waals surface area (Å²) in [4.78, 5) is 18.5. The molecule has 172 valence electrons. The van der Waals surface area contributed by atoms with Crippen molar-refractivity contribution in [2.75, 3.05) is 31.1 Å². The lowest BCUT2D eigenvalue weighted by atomic mass is 10.1. The lowest BCUT2D eigenvalue weighted by molar-refractivity contribution is -0.121. The maximum absolute atomic E-state index is 12.7. The van der Waals surface area contributed by atoms with Crippen molar-refractivity contribution in [2.24, 2.45) is 4.99 Å². The number of amides is 1. The minimum atomic E-state index is -2.89. The lowest BCUT2D eigenvalue weighted by Gasteiger charge is -2.29. The number of aliphatic imine (C=N–C) groups is 1. The highest BCUT2D eigenvalue weighted by Gasteiger charge is 2.24. The van der Waals surface area contributed by atoms with Crippen molar-refractivity contribution in [2.45, 2.75) is 33.4 Å². The van der Waals surface area contributed by atoms with E-state index in [1.54, 1.807) is 17.0 Å². The molecular weight excluding hydrogens is 418 g/mol. The molecule has 9 heteroatoms. The predicted octanol–water partition coefficient (Wildman–Crippen LogP) is 3.47. The average molecular weight is 446 g/mol.